The molecule has 1 N–H and O–H groups in total. The Morgan fingerprint density at radius 3 is 2.59 bits per heavy atom. The zero-order valence-corrected chi connectivity index (χ0v) is 10.1. The van der Waals surface area contributed by atoms with Crippen molar-refractivity contribution in [3.8, 4) is 0 Å². The van der Waals surface area contributed by atoms with Crippen molar-refractivity contribution in [1.29, 1.82) is 0 Å². The molecule has 2 rings (SSSR count). The van der Waals surface area contributed by atoms with Crippen molar-refractivity contribution >= 4 is 0 Å². The Morgan fingerprint density at radius 1 is 1.18 bits per heavy atom. The normalized spacial score (nSPS) is 12.4. The van der Waals surface area contributed by atoms with E-state index in [-0.39, 0.29) is 0 Å². The lowest BCUT2D eigenvalue weighted by Crippen LogP contribution is -2.07. The molecular formula is C14H16N2O. The molecule has 0 aliphatic rings. The fourth-order valence-electron chi connectivity index (χ4n) is 1.76. The molecule has 1 aromatic heterocycles. The SMILES string of the molecule is Cc1cnc(C)c(CC(O)c2ccccc2)n1. The Kier molecular flexibility index (Phi) is 3.49. The van der Waals surface area contributed by atoms with Gasteiger partial charge in [-0.2, -0.15) is 0 Å². The van der Waals surface area contributed by atoms with Crippen LogP contribution in [0.5, 0.6) is 0 Å². The van der Waals surface area contributed by atoms with Crippen molar-refractivity contribution in [2.24, 2.45) is 0 Å². The smallest absolute Gasteiger partial charge is 0.0846 e. The van der Waals surface area contributed by atoms with E-state index in [1.807, 2.05) is 44.2 Å². The van der Waals surface area contributed by atoms with Gasteiger partial charge in [-0.25, -0.2) is 0 Å². The molecule has 0 saturated heterocycles. The summed E-state index contributed by atoms with van der Waals surface area (Å²) in [4.78, 5) is 8.67. The number of aryl methyl sites for hydroxylation is 2. The Bertz CT molecular complexity index is 497. The van der Waals surface area contributed by atoms with Gasteiger partial charge in [-0.15, -0.1) is 0 Å². The molecular weight excluding hydrogens is 212 g/mol. The molecule has 1 heterocycles. The van der Waals surface area contributed by atoms with Crippen molar-refractivity contribution in [2.45, 2.75) is 26.4 Å². The van der Waals surface area contributed by atoms with Crippen LogP contribution in [-0.4, -0.2) is 15.1 Å². The third-order valence-corrected chi connectivity index (χ3v) is 2.75. The van der Waals surface area contributed by atoms with Gasteiger partial charge < -0.3 is 5.11 Å². The fourth-order valence-corrected chi connectivity index (χ4v) is 1.76. The minimum atomic E-state index is -0.522. The van der Waals surface area contributed by atoms with Gasteiger partial charge in [-0.3, -0.25) is 9.97 Å². The molecule has 2 aromatic rings. The summed E-state index contributed by atoms with van der Waals surface area (Å²) < 4.78 is 0. The first kappa shape index (κ1) is 11.7. The van der Waals surface area contributed by atoms with Gasteiger partial charge in [-0.1, -0.05) is 30.3 Å². The topological polar surface area (TPSA) is 46.0 Å². The molecule has 0 amide bonds. The maximum atomic E-state index is 10.1. The highest BCUT2D eigenvalue weighted by Crippen LogP contribution is 2.18. The second kappa shape index (κ2) is 5.06. The molecule has 0 bridgehead atoms. The van der Waals surface area contributed by atoms with E-state index in [0.29, 0.717) is 6.42 Å². The Labute approximate surface area is 101 Å². The van der Waals surface area contributed by atoms with Gasteiger partial charge in [0, 0.05) is 12.6 Å². The predicted octanol–water partition coefficient (Wildman–Crippen LogP) is 2.37. The minimum Gasteiger partial charge on any atom is -0.388 e. The molecule has 17 heavy (non-hydrogen) atoms. The van der Waals surface area contributed by atoms with Crippen molar-refractivity contribution < 1.29 is 5.11 Å². The van der Waals surface area contributed by atoms with Gasteiger partial charge in [0.05, 0.1) is 23.2 Å². The summed E-state index contributed by atoms with van der Waals surface area (Å²) in [6.45, 7) is 3.82. The molecule has 3 nitrogen and oxygen atoms in total. The van der Waals surface area contributed by atoms with E-state index in [9.17, 15) is 5.11 Å². The van der Waals surface area contributed by atoms with Crippen LogP contribution in [-0.2, 0) is 6.42 Å². The maximum Gasteiger partial charge on any atom is 0.0846 e. The van der Waals surface area contributed by atoms with Gasteiger partial charge in [0.15, 0.2) is 0 Å². The highest BCUT2D eigenvalue weighted by Gasteiger charge is 2.11. The van der Waals surface area contributed by atoms with Crippen molar-refractivity contribution in [3.05, 3.63) is 59.2 Å². The number of benzene rings is 1. The van der Waals surface area contributed by atoms with E-state index in [1.54, 1.807) is 6.20 Å². The standard InChI is InChI=1S/C14H16N2O/c1-10-9-15-11(2)13(16-10)8-14(17)12-6-4-3-5-7-12/h3-7,9,14,17H,8H2,1-2H3. The molecule has 0 aliphatic carbocycles. The van der Waals surface area contributed by atoms with Crippen LogP contribution in [0.3, 0.4) is 0 Å². The molecule has 88 valence electrons. The molecule has 0 saturated carbocycles. The number of rotatable bonds is 3. The highest BCUT2D eigenvalue weighted by atomic mass is 16.3. The van der Waals surface area contributed by atoms with Gasteiger partial charge >= 0.3 is 0 Å². The first-order valence-corrected chi connectivity index (χ1v) is 5.69. The Balaban J connectivity index is 2.18. The molecule has 0 spiro atoms. The molecule has 0 radical (unpaired) electrons. The maximum absolute atomic E-state index is 10.1. The van der Waals surface area contributed by atoms with Crippen LogP contribution < -0.4 is 0 Å². The number of aromatic nitrogens is 2. The summed E-state index contributed by atoms with van der Waals surface area (Å²) in [6, 6.07) is 9.63. The first-order valence-electron chi connectivity index (χ1n) is 5.69. The van der Waals surface area contributed by atoms with Crippen LogP contribution in [0.2, 0.25) is 0 Å². The second-order valence-electron chi connectivity index (χ2n) is 4.17. The van der Waals surface area contributed by atoms with E-state index in [2.05, 4.69) is 9.97 Å². The van der Waals surface area contributed by atoms with Crippen molar-refractivity contribution in [1.82, 2.24) is 9.97 Å². The summed E-state index contributed by atoms with van der Waals surface area (Å²) in [6.07, 6.45) is 1.73. The molecule has 0 aliphatic heterocycles. The van der Waals surface area contributed by atoms with Crippen LogP contribution in [0.4, 0.5) is 0 Å². The fraction of sp³-hybridized carbons (Fsp3) is 0.286. The zero-order chi connectivity index (χ0) is 12.3. The average molecular weight is 228 g/mol. The van der Waals surface area contributed by atoms with Crippen LogP contribution in [0.1, 0.15) is 28.7 Å². The van der Waals surface area contributed by atoms with Gasteiger partial charge in [0.2, 0.25) is 0 Å². The third-order valence-electron chi connectivity index (χ3n) is 2.75. The van der Waals surface area contributed by atoms with Gasteiger partial charge in [-0.05, 0) is 19.4 Å². The minimum absolute atomic E-state index is 0.504. The number of hydrogen-bond donors (Lipinski definition) is 1. The van der Waals surface area contributed by atoms with Crippen LogP contribution in [0, 0.1) is 13.8 Å². The summed E-state index contributed by atoms with van der Waals surface area (Å²) >= 11 is 0. The van der Waals surface area contributed by atoms with E-state index in [0.717, 1.165) is 22.6 Å². The van der Waals surface area contributed by atoms with Crippen molar-refractivity contribution in [2.75, 3.05) is 0 Å². The number of hydrogen-bond acceptors (Lipinski definition) is 3. The van der Waals surface area contributed by atoms with Gasteiger partial charge in [0.25, 0.3) is 0 Å². The monoisotopic (exact) mass is 228 g/mol. The lowest BCUT2D eigenvalue weighted by Gasteiger charge is -2.12. The number of nitrogens with zero attached hydrogens (tertiary/aromatic N) is 2. The third kappa shape index (κ3) is 2.88. The van der Waals surface area contributed by atoms with Crippen LogP contribution in [0.15, 0.2) is 36.5 Å². The van der Waals surface area contributed by atoms with Crippen LogP contribution in [0.25, 0.3) is 0 Å². The van der Waals surface area contributed by atoms with Gasteiger partial charge in [0.1, 0.15) is 0 Å². The molecule has 0 fully saturated rings. The largest absolute Gasteiger partial charge is 0.388 e. The average Bonchev–Trinajstić information content (AvgIpc) is 2.35. The van der Waals surface area contributed by atoms with Crippen LogP contribution >= 0.6 is 0 Å². The van der Waals surface area contributed by atoms with E-state index in [4.69, 9.17) is 0 Å². The summed E-state index contributed by atoms with van der Waals surface area (Å²) in [5.74, 6) is 0. The summed E-state index contributed by atoms with van der Waals surface area (Å²) in [5.41, 5.74) is 3.54. The summed E-state index contributed by atoms with van der Waals surface area (Å²) in [5, 5.41) is 10.1. The quantitative estimate of drug-likeness (QED) is 0.877. The zero-order valence-electron chi connectivity index (χ0n) is 10.1. The molecule has 3 heteroatoms. The van der Waals surface area contributed by atoms with Crippen molar-refractivity contribution in [3.63, 3.8) is 0 Å². The highest BCUT2D eigenvalue weighted by molar-refractivity contribution is 5.21. The number of aliphatic hydroxyl groups excluding tert-OH is 1. The second-order valence-corrected chi connectivity index (χ2v) is 4.17. The first-order chi connectivity index (χ1) is 8.16. The Hall–Kier alpha value is -1.74. The summed E-state index contributed by atoms with van der Waals surface area (Å²) in [7, 11) is 0. The number of aliphatic hydroxyl groups is 1. The Morgan fingerprint density at radius 2 is 1.88 bits per heavy atom. The molecule has 1 unspecified atom stereocenters. The van der Waals surface area contributed by atoms with E-state index >= 15 is 0 Å². The van der Waals surface area contributed by atoms with E-state index in [1.165, 1.54) is 0 Å². The molecule has 1 aromatic carbocycles. The molecule has 1 atom stereocenters. The van der Waals surface area contributed by atoms with E-state index < -0.39 is 6.10 Å². The predicted molar refractivity (Wildman–Crippen MR) is 66.6 cm³/mol. The lowest BCUT2D eigenvalue weighted by molar-refractivity contribution is 0.177. The lowest BCUT2D eigenvalue weighted by atomic mass is 10.0.